The van der Waals surface area contributed by atoms with Gasteiger partial charge in [-0.1, -0.05) is 5.16 Å². The molecule has 0 spiro atoms. The van der Waals surface area contributed by atoms with E-state index in [1.165, 1.54) is 0 Å². The Balaban J connectivity index is 1.94. The van der Waals surface area contributed by atoms with Crippen LogP contribution in [-0.2, 0) is 11.2 Å². The number of aromatic amines is 1. The maximum absolute atomic E-state index is 11.6. The van der Waals surface area contributed by atoms with Crippen molar-refractivity contribution in [1.29, 1.82) is 0 Å². The SMILES string of the molecule is Cc1cc(CC(=O)Nc2cc(C)on2)n[nH]1. The van der Waals surface area contributed by atoms with Gasteiger partial charge in [0.25, 0.3) is 0 Å². The van der Waals surface area contributed by atoms with Gasteiger partial charge in [-0.05, 0) is 19.9 Å². The van der Waals surface area contributed by atoms with Crippen molar-refractivity contribution in [2.75, 3.05) is 5.32 Å². The molecule has 0 aromatic carbocycles. The van der Waals surface area contributed by atoms with Crippen LogP contribution in [0.25, 0.3) is 0 Å². The molecular weight excluding hydrogens is 208 g/mol. The summed E-state index contributed by atoms with van der Waals surface area (Å²) in [6.45, 7) is 3.65. The Labute approximate surface area is 92.0 Å². The van der Waals surface area contributed by atoms with Crippen LogP contribution in [0.3, 0.4) is 0 Å². The number of carbonyl (C=O) groups is 1. The Morgan fingerprint density at radius 1 is 1.50 bits per heavy atom. The predicted octanol–water partition coefficient (Wildman–Crippen LogP) is 1.20. The number of rotatable bonds is 3. The van der Waals surface area contributed by atoms with Gasteiger partial charge >= 0.3 is 0 Å². The molecule has 2 rings (SSSR count). The second-order valence-electron chi connectivity index (χ2n) is 3.59. The van der Waals surface area contributed by atoms with E-state index in [1.54, 1.807) is 13.0 Å². The molecule has 2 aromatic heterocycles. The van der Waals surface area contributed by atoms with Gasteiger partial charge in [0.2, 0.25) is 5.91 Å². The first-order valence-electron chi connectivity index (χ1n) is 4.87. The van der Waals surface area contributed by atoms with Crippen LogP contribution in [0.2, 0.25) is 0 Å². The molecule has 2 heterocycles. The lowest BCUT2D eigenvalue weighted by Crippen LogP contribution is -2.14. The lowest BCUT2D eigenvalue weighted by Gasteiger charge is -1.97. The third-order valence-corrected chi connectivity index (χ3v) is 2.00. The predicted molar refractivity (Wildman–Crippen MR) is 56.9 cm³/mol. The van der Waals surface area contributed by atoms with E-state index >= 15 is 0 Å². The number of H-pyrrole nitrogens is 1. The van der Waals surface area contributed by atoms with E-state index in [0.717, 1.165) is 5.69 Å². The number of aromatic nitrogens is 3. The fourth-order valence-corrected chi connectivity index (χ4v) is 1.34. The monoisotopic (exact) mass is 220 g/mol. The summed E-state index contributed by atoms with van der Waals surface area (Å²) in [4.78, 5) is 11.6. The number of hydrogen-bond acceptors (Lipinski definition) is 4. The van der Waals surface area contributed by atoms with Gasteiger partial charge in [0, 0.05) is 11.8 Å². The van der Waals surface area contributed by atoms with Crippen LogP contribution in [0.4, 0.5) is 5.82 Å². The van der Waals surface area contributed by atoms with E-state index in [4.69, 9.17) is 4.52 Å². The third-order valence-electron chi connectivity index (χ3n) is 2.00. The average Bonchev–Trinajstić information content (AvgIpc) is 2.76. The van der Waals surface area contributed by atoms with Crippen LogP contribution >= 0.6 is 0 Å². The zero-order valence-electron chi connectivity index (χ0n) is 9.07. The molecule has 2 aromatic rings. The molecule has 0 unspecified atom stereocenters. The maximum atomic E-state index is 11.6. The van der Waals surface area contributed by atoms with Gasteiger partial charge < -0.3 is 9.84 Å². The topological polar surface area (TPSA) is 83.8 Å². The summed E-state index contributed by atoms with van der Waals surface area (Å²) >= 11 is 0. The first kappa shape index (κ1) is 10.4. The van der Waals surface area contributed by atoms with Crippen LogP contribution in [-0.4, -0.2) is 21.3 Å². The highest BCUT2D eigenvalue weighted by Gasteiger charge is 2.08. The first-order chi connectivity index (χ1) is 7.63. The van der Waals surface area contributed by atoms with Crippen LogP contribution in [0, 0.1) is 13.8 Å². The molecule has 0 radical (unpaired) electrons. The Morgan fingerprint density at radius 3 is 2.88 bits per heavy atom. The number of anilines is 1. The van der Waals surface area contributed by atoms with Crippen molar-refractivity contribution in [2.24, 2.45) is 0 Å². The van der Waals surface area contributed by atoms with E-state index < -0.39 is 0 Å². The summed E-state index contributed by atoms with van der Waals surface area (Å²) in [5.74, 6) is 0.917. The minimum Gasteiger partial charge on any atom is -0.360 e. The number of hydrogen-bond donors (Lipinski definition) is 2. The van der Waals surface area contributed by atoms with Crippen molar-refractivity contribution >= 4 is 11.7 Å². The Bertz CT molecular complexity index is 456. The fraction of sp³-hybridized carbons (Fsp3) is 0.300. The van der Waals surface area contributed by atoms with Crippen molar-refractivity contribution in [1.82, 2.24) is 15.4 Å². The minimum atomic E-state index is -0.167. The standard InChI is InChI=1S/C10H12N4O2/c1-6-3-8(13-12-6)5-10(15)11-9-4-7(2)16-14-9/h3-4H,5H2,1-2H3,(H,12,13)(H,11,14,15). The molecule has 0 bridgehead atoms. The second kappa shape index (κ2) is 4.18. The zero-order chi connectivity index (χ0) is 11.5. The summed E-state index contributed by atoms with van der Waals surface area (Å²) < 4.78 is 4.83. The molecule has 0 saturated carbocycles. The highest BCUT2D eigenvalue weighted by Crippen LogP contribution is 2.07. The maximum Gasteiger partial charge on any atom is 0.231 e. The highest BCUT2D eigenvalue weighted by atomic mass is 16.5. The molecule has 0 atom stereocenters. The number of nitrogens with zero attached hydrogens (tertiary/aromatic N) is 2. The molecule has 84 valence electrons. The Kier molecular flexibility index (Phi) is 2.72. The molecule has 0 fully saturated rings. The summed E-state index contributed by atoms with van der Waals surface area (Å²) in [7, 11) is 0. The molecule has 1 amide bonds. The van der Waals surface area contributed by atoms with Crippen LogP contribution < -0.4 is 5.32 Å². The highest BCUT2D eigenvalue weighted by molar-refractivity contribution is 5.91. The third kappa shape index (κ3) is 2.47. The van der Waals surface area contributed by atoms with Crippen molar-refractivity contribution in [3.05, 3.63) is 29.3 Å². The molecule has 6 heteroatoms. The number of aryl methyl sites for hydroxylation is 2. The van der Waals surface area contributed by atoms with Gasteiger partial charge in [-0.2, -0.15) is 5.10 Å². The normalized spacial score (nSPS) is 10.4. The molecule has 0 aliphatic rings. The fourth-order valence-electron chi connectivity index (χ4n) is 1.34. The summed E-state index contributed by atoms with van der Waals surface area (Å²) in [6.07, 6.45) is 0.218. The molecular formula is C10H12N4O2. The van der Waals surface area contributed by atoms with Gasteiger partial charge in [0.1, 0.15) is 5.76 Å². The van der Waals surface area contributed by atoms with E-state index in [1.807, 2.05) is 13.0 Å². The molecule has 6 nitrogen and oxygen atoms in total. The minimum absolute atomic E-state index is 0.167. The summed E-state index contributed by atoms with van der Waals surface area (Å²) in [5, 5.41) is 13.0. The van der Waals surface area contributed by atoms with Gasteiger partial charge in [-0.25, -0.2) is 0 Å². The van der Waals surface area contributed by atoms with E-state index in [2.05, 4.69) is 20.7 Å². The van der Waals surface area contributed by atoms with E-state index in [9.17, 15) is 4.79 Å². The largest absolute Gasteiger partial charge is 0.360 e. The smallest absolute Gasteiger partial charge is 0.231 e. The number of amides is 1. The quantitative estimate of drug-likeness (QED) is 0.813. The molecule has 2 N–H and O–H groups in total. The second-order valence-corrected chi connectivity index (χ2v) is 3.59. The molecule has 0 aliphatic carbocycles. The van der Waals surface area contributed by atoms with E-state index in [0.29, 0.717) is 17.3 Å². The molecule has 16 heavy (non-hydrogen) atoms. The van der Waals surface area contributed by atoms with Crippen molar-refractivity contribution in [2.45, 2.75) is 20.3 Å². The van der Waals surface area contributed by atoms with Gasteiger partial charge in [-0.3, -0.25) is 9.89 Å². The first-order valence-corrected chi connectivity index (χ1v) is 4.87. The Hall–Kier alpha value is -2.11. The lowest BCUT2D eigenvalue weighted by atomic mass is 10.3. The van der Waals surface area contributed by atoms with Crippen LogP contribution in [0.15, 0.2) is 16.7 Å². The Morgan fingerprint density at radius 2 is 2.31 bits per heavy atom. The van der Waals surface area contributed by atoms with Gasteiger partial charge in [0.05, 0.1) is 12.1 Å². The lowest BCUT2D eigenvalue weighted by molar-refractivity contribution is -0.115. The van der Waals surface area contributed by atoms with Crippen molar-refractivity contribution in [3.8, 4) is 0 Å². The van der Waals surface area contributed by atoms with Crippen molar-refractivity contribution in [3.63, 3.8) is 0 Å². The number of nitrogens with one attached hydrogen (secondary N) is 2. The van der Waals surface area contributed by atoms with Gasteiger partial charge in [0.15, 0.2) is 5.82 Å². The summed E-state index contributed by atoms with van der Waals surface area (Å²) in [6, 6.07) is 3.49. The van der Waals surface area contributed by atoms with Crippen LogP contribution in [0.1, 0.15) is 17.1 Å². The average molecular weight is 220 g/mol. The number of carbonyl (C=O) groups excluding carboxylic acids is 1. The van der Waals surface area contributed by atoms with Crippen molar-refractivity contribution < 1.29 is 9.32 Å². The van der Waals surface area contributed by atoms with Gasteiger partial charge in [-0.15, -0.1) is 0 Å². The molecule has 0 saturated heterocycles. The zero-order valence-corrected chi connectivity index (χ0v) is 9.07. The van der Waals surface area contributed by atoms with E-state index in [-0.39, 0.29) is 12.3 Å². The summed E-state index contributed by atoms with van der Waals surface area (Å²) in [5.41, 5.74) is 1.63. The molecule has 0 aliphatic heterocycles. The van der Waals surface area contributed by atoms with Crippen LogP contribution in [0.5, 0.6) is 0 Å².